The molecule has 0 saturated carbocycles. The van der Waals surface area contributed by atoms with Crippen molar-refractivity contribution in [2.24, 2.45) is 0 Å². The van der Waals surface area contributed by atoms with Crippen LogP contribution in [0.2, 0.25) is 0 Å². The van der Waals surface area contributed by atoms with Crippen molar-refractivity contribution in [3.05, 3.63) is 71.3 Å². The molecule has 1 heteroatoms. The Morgan fingerprint density at radius 2 is 1.30 bits per heavy atom. The molecule has 1 aliphatic rings. The van der Waals surface area contributed by atoms with Crippen molar-refractivity contribution in [3.63, 3.8) is 0 Å². The summed E-state index contributed by atoms with van der Waals surface area (Å²) in [7, 11) is 0. The van der Waals surface area contributed by atoms with E-state index in [0.717, 1.165) is 6.61 Å². The first-order chi connectivity index (χ1) is 11.4. The number of benzene rings is 2. The Kier molecular flexibility index (Phi) is 6.28. The maximum Gasteiger partial charge on any atom is 0.106 e. The van der Waals surface area contributed by atoms with Gasteiger partial charge in [0.05, 0.1) is 6.61 Å². The molecular weight excluding hydrogens is 280 g/mol. The van der Waals surface area contributed by atoms with E-state index in [2.05, 4.69) is 54.6 Å². The molecule has 2 aromatic rings. The summed E-state index contributed by atoms with van der Waals surface area (Å²) in [5, 5.41) is 0. The second-order valence-electron chi connectivity index (χ2n) is 6.63. The highest BCUT2D eigenvalue weighted by Gasteiger charge is 2.26. The average Bonchev–Trinajstić information content (AvgIpc) is 3.43. The summed E-state index contributed by atoms with van der Waals surface area (Å²) in [4.78, 5) is 0. The van der Waals surface area contributed by atoms with Crippen molar-refractivity contribution in [2.45, 2.75) is 57.5 Å². The minimum atomic E-state index is 0.393. The molecule has 122 valence electrons. The van der Waals surface area contributed by atoms with Crippen LogP contribution in [0.1, 0.15) is 61.3 Å². The normalized spacial score (nSPS) is 16.4. The van der Waals surface area contributed by atoms with Gasteiger partial charge in [0, 0.05) is 0 Å². The van der Waals surface area contributed by atoms with E-state index in [-0.39, 0.29) is 0 Å². The molecule has 3 rings (SSSR count). The Bertz CT molecular complexity index is 572. The Labute approximate surface area is 140 Å². The molecule has 1 heterocycles. The van der Waals surface area contributed by atoms with Gasteiger partial charge in [-0.25, -0.2) is 0 Å². The molecule has 1 nitrogen and oxygen atoms in total. The van der Waals surface area contributed by atoms with Crippen molar-refractivity contribution in [1.29, 1.82) is 0 Å². The number of aryl methyl sites for hydroxylation is 2. The third kappa shape index (κ3) is 5.51. The highest BCUT2D eigenvalue weighted by atomic mass is 16.6. The van der Waals surface area contributed by atoms with E-state index in [1.165, 1.54) is 68.1 Å². The first kappa shape index (κ1) is 16.3. The monoisotopic (exact) mass is 308 g/mol. The first-order valence-corrected chi connectivity index (χ1v) is 9.17. The van der Waals surface area contributed by atoms with Gasteiger partial charge < -0.3 is 4.74 Å². The summed E-state index contributed by atoms with van der Waals surface area (Å²) in [6, 6.07) is 19.6. The van der Waals surface area contributed by atoms with Crippen LogP contribution in [0.5, 0.6) is 0 Å². The summed E-state index contributed by atoms with van der Waals surface area (Å²) < 4.78 is 5.44. The maximum absolute atomic E-state index is 5.44. The largest absolute Gasteiger partial charge is 0.368 e. The van der Waals surface area contributed by atoms with Crippen LogP contribution in [-0.4, -0.2) is 6.61 Å². The molecule has 0 amide bonds. The Hall–Kier alpha value is -1.60. The number of hydrogen-bond donors (Lipinski definition) is 0. The second kappa shape index (κ2) is 8.88. The smallest absolute Gasteiger partial charge is 0.106 e. The Morgan fingerprint density at radius 1 is 0.696 bits per heavy atom. The molecule has 1 fully saturated rings. The molecule has 23 heavy (non-hydrogen) atoms. The van der Waals surface area contributed by atoms with Crippen molar-refractivity contribution in [1.82, 2.24) is 0 Å². The van der Waals surface area contributed by atoms with Crippen LogP contribution in [0.4, 0.5) is 0 Å². The van der Waals surface area contributed by atoms with E-state index >= 15 is 0 Å². The first-order valence-electron chi connectivity index (χ1n) is 9.17. The fourth-order valence-corrected chi connectivity index (χ4v) is 3.30. The van der Waals surface area contributed by atoms with Gasteiger partial charge in [-0.05, 0) is 42.4 Å². The van der Waals surface area contributed by atoms with Gasteiger partial charge in [0.2, 0.25) is 0 Å². The third-order valence-electron chi connectivity index (χ3n) is 4.74. The van der Waals surface area contributed by atoms with Crippen LogP contribution < -0.4 is 0 Å². The van der Waals surface area contributed by atoms with E-state index in [1.807, 2.05) is 0 Å². The standard InChI is InChI=1S/C22H28O/c1(3-6-12-19-13-7-5-8-14-19)2-4-9-15-20-16-10-11-17-21(20)22-18-23-22/h5,7-8,10-11,13-14,16-17,22H,1-4,6,9,12,15,18H2. The lowest BCUT2D eigenvalue weighted by atomic mass is 9.98. The van der Waals surface area contributed by atoms with E-state index in [4.69, 9.17) is 4.74 Å². The molecule has 0 N–H and O–H groups in total. The lowest BCUT2D eigenvalue weighted by molar-refractivity contribution is 0.414. The lowest BCUT2D eigenvalue weighted by Gasteiger charge is -2.07. The summed E-state index contributed by atoms with van der Waals surface area (Å²) in [5.41, 5.74) is 4.40. The van der Waals surface area contributed by atoms with Crippen molar-refractivity contribution in [2.75, 3.05) is 6.61 Å². The van der Waals surface area contributed by atoms with E-state index in [0.29, 0.717) is 6.10 Å². The van der Waals surface area contributed by atoms with Gasteiger partial charge >= 0.3 is 0 Å². The number of unbranched alkanes of at least 4 members (excludes halogenated alkanes) is 5. The SMILES string of the molecule is c1ccc(CCCCCCCCc2ccccc2C2CO2)cc1. The topological polar surface area (TPSA) is 12.5 Å². The van der Waals surface area contributed by atoms with Crippen molar-refractivity contribution in [3.8, 4) is 0 Å². The zero-order chi connectivity index (χ0) is 15.7. The minimum absolute atomic E-state index is 0.393. The number of rotatable bonds is 10. The summed E-state index contributed by atoms with van der Waals surface area (Å²) in [5.74, 6) is 0. The summed E-state index contributed by atoms with van der Waals surface area (Å²) in [6.07, 6.45) is 10.9. The summed E-state index contributed by atoms with van der Waals surface area (Å²) in [6.45, 7) is 0.915. The Balaban J connectivity index is 1.25. The molecule has 2 aromatic carbocycles. The predicted molar refractivity (Wildman–Crippen MR) is 96.7 cm³/mol. The maximum atomic E-state index is 5.44. The molecule has 1 atom stereocenters. The number of hydrogen-bond acceptors (Lipinski definition) is 1. The highest BCUT2D eigenvalue weighted by molar-refractivity contribution is 5.31. The molecule has 0 aliphatic carbocycles. The molecule has 1 unspecified atom stereocenters. The molecule has 1 aliphatic heterocycles. The predicted octanol–water partition coefficient (Wildman–Crippen LogP) is 5.88. The molecule has 0 bridgehead atoms. The van der Waals surface area contributed by atoms with Gasteiger partial charge in [0.15, 0.2) is 0 Å². The molecular formula is C22H28O. The molecule has 1 saturated heterocycles. The Morgan fingerprint density at radius 3 is 2.04 bits per heavy atom. The van der Waals surface area contributed by atoms with Crippen molar-refractivity contribution < 1.29 is 4.74 Å². The fraction of sp³-hybridized carbons (Fsp3) is 0.455. The number of epoxide rings is 1. The average molecular weight is 308 g/mol. The number of ether oxygens (including phenoxy) is 1. The highest BCUT2D eigenvalue weighted by Crippen LogP contribution is 2.32. The van der Waals surface area contributed by atoms with Gasteiger partial charge in [0.25, 0.3) is 0 Å². The van der Waals surface area contributed by atoms with Gasteiger partial charge in [0.1, 0.15) is 6.10 Å². The van der Waals surface area contributed by atoms with Gasteiger partial charge in [-0.15, -0.1) is 0 Å². The van der Waals surface area contributed by atoms with E-state index < -0.39 is 0 Å². The van der Waals surface area contributed by atoms with Crippen LogP contribution in [0.3, 0.4) is 0 Å². The molecule has 0 aromatic heterocycles. The third-order valence-corrected chi connectivity index (χ3v) is 4.74. The zero-order valence-corrected chi connectivity index (χ0v) is 14.0. The fourth-order valence-electron chi connectivity index (χ4n) is 3.30. The quantitative estimate of drug-likeness (QED) is 0.394. The second-order valence-corrected chi connectivity index (χ2v) is 6.63. The van der Waals surface area contributed by atoms with Crippen molar-refractivity contribution >= 4 is 0 Å². The van der Waals surface area contributed by atoms with E-state index in [1.54, 1.807) is 0 Å². The van der Waals surface area contributed by atoms with Gasteiger partial charge in [-0.2, -0.15) is 0 Å². The zero-order valence-electron chi connectivity index (χ0n) is 14.0. The lowest BCUT2D eigenvalue weighted by Crippen LogP contribution is -1.93. The van der Waals surface area contributed by atoms with Crippen LogP contribution in [0, 0.1) is 0 Å². The van der Waals surface area contributed by atoms with Crippen LogP contribution in [0.25, 0.3) is 0 Å². The van der Waals surface area contributed by atoms with Gasteiger partial charge in [-0.3, -0.25) is 0 Å². The van der Waals surface area contributed by atoms with Crippen LogP contribution in [-0.2, 0) is 17.6 Å². The van der Waals surface area contributed by atoms with E-state index in [9.17, 15) is 0 Å². The van der Waals surface area contributed by atoms with Crippen LogP contribution in [0.15, 0.2) is 54.6 Å². The molecule has 0 spiro atoms. The minimum Gasteiger partial charge on any atom is -0.368 e. The van der Waals surface area contributed by atoms with Crippen LogP contribution >= 0.6 is 0 Å². The molecule has 0 radical (unpaired) electrons. The van der Waals surface area contributed by atoms with Gasteiger partial charge in [-0.1, -0.05) is 80.3 Å². The summed E-state index contributed by atoms with van der Waals surface area (Å²) >= 11 is 0.